The van der Waals surface area contributed by atoms with Gasteiger partial charge in [0.2, 0.25) is 11.8 Å². The van der Waals surface area contributed by atoms with Crippen molar-refractivity contribution in [1.82, 2.24) is 14.9 Å². The third-order valence-corrected chi connectivity index (χ3v) is 7.46. The fourth-order valence-corrected chi connectivity index (χ4v) is 5.40. The average molecular weight is 538 g/mol. The first-order chi connectivity index (χ1) is 18.4. The Kier molecular flexibility index (Phi) is 7.61. The van der Waals surface area contributed by atoms with Crippen molar-refractivity contribution in [2.45, 2.75) is 30.4 Å². The number of aromatic nitrogens is 2. The summed E-state index contributed by atoms with van der Waals surface area (Å²) in [4.78, 5) is 49.1. The molecule has 2 aliphatic heterocycles. The van der Waals surface area contributed by atoms with Gasteiger partial charge in [-0.25, -0.2) is 9.78 Å². The number of nitrogens with one attached hydrogen (secondary N) is 1. The number of methoxy groups -OCH3 is 1. The van der Waals surface area contributed by atoms with Crippen molar-refractivity contribution in [3.63, 3.8) is 0 Å². The molecule has 11 nitrogen and oxygen atoms in total. The van der Waals surface area contributed by atoms with Gasteiger partial charge in [0.1, 0.15) is 6.10 Å². The van der Waals surface area contributed by atoms with E-state index >= 15 is 0 Å². The Labute approximate surface area is 223 Å². The van der Waals surface area contributed by atoms with E-state index in [2.05, 4.69) is 15.3 Å². The molecule has 0 saturated carbocycles. The summed E-state index contributed by atoms with van der Waals surface area (Å²) in [5, 5.41) is 12.3. The highest BCUT2D eigenvalue weighted by molar-refractivity contribution is 8.00. The lowest BCUT2D eigenvalue weighted by Crippen LogP contribution is -2.31. The number of benzene rings is 1. The van der Waals surface area contributed by atoms with Gasteiger partial charge in [0.25, 0.3) is 0 Å². The topological polar surface area (TPSA) is 134 Å². The van der Waals surface area contributed by atoms with Crippen LogP contribution in [0.15, 0.2) is 47.5 Å². The van der Waals surface area contributed by atoms with E-state index in [1.54, 1.807) is 30.3 Å². The predicted molar refractivity (Wildman–Crippen MR) is 142 cm³/mol. The predicted octanol–water partition coefficient (Wildman–Crippen LogP) is 3.37. The Bertz CT molecular complexity index is 1390. The van der Waals surface area contributed by atoms with Gasteiger partial charge in [0.05, 0.1) is 42.7 Å². The zero-order valence-corrected chi connectivity index (χ0v) is 21.6. The van der Waals surface area contributed by atoms with Crippen LogP contribution in [-0.2, 0) is 20.9 Å². The second kappa shape index (κ2) is 11.2. The highest BCUT2D eigenvalue weighted by Gasteiger charge is 2.33. The summed E-state index contributed by atoms with van der Waals surface area (Å²) in [6.07, 6.45) is 2.15. The van der Waals surface area contributed by atoms with Crippen LogP contribution in [0, 0.1) is 0 Å². The number of thioether (sulfide) groups is 1. The van der Waals surface area contributed by atoms with Crippen molar-refractivity contribution in [2.75, 3.05) is 42.7 Å². The lowest BCUT2D eigenvalue weighted by Gasteiger charge is -2.21. The third kappa shape index (κ3) is 5.81. The molecule has 38 heavy (non-hydrogen) atoms. The molecule has 0 spiro atoms. The van der Waals surface area contributed by atoms with Crippen molar-refractivity contribution in [3.05, 3.63) is 48.2 Å². The molecular formula is C26H27N5O6S. The van der Waals surface area contributed by atoms with Crippen LogP contribution in [0.25, 0.3) is 11.0 Å². The number of aliphatic carboxylic acids is 1. The largest absolute Gasteiger partial charge is 0.481 e. The van der Waals surface area contributed by atoms with Gasteiger partial charge in [-0.1, -0.05) is 0 Å². The van der Waals surface area contributed by atoms with Gasteiger partial charge in [-0.2, -0.15) is 0 Å². The highest BCUT2D eigenvalue weighted by atomic mass is 32.2. The summed E-state index contributed by atoms with van der Waals surface area (Å²) in [5.74, 6) is -0.155. The maximum atomic E-state index is 12.6. The van der Waals surface area contributed by atoms with Crippen molar-refractivity contribution in [2.24, 2.45) is 0 Å². The minimum absolute atomic E-state index is 0.0675. The number of carboxylic acids is 1. The van der Waals surface area contributed by atoms with Crippen molar-refractivity contribution in [3.8, 4) is 5.88 Å². The van der Waals surface area contributed by atoms with E-state index in [0.29, 0.717) is 66.5 Å². The van der Waals surface area contributed by atoms with Gasteiger partial charge >= 0.3 is 12.1 Å². The monoisotopic (exact) mass is 537 g/mol. The smallest absolute Gasteiger partial charge is 0.414 e. The van der Waals surface area contributed by atoms with Crippen molar-refractivity contribution >= 4 is 52.1 Å². The number of cyclic esters (lactones) is 1. The molecule has 2 amide bonds. The third-order valence-electron chi connectivity index (χ3n) is 6.39. The maximum Gasteiger partial charge on any atom is 0.414 e. The number of rotatable bonds is 10. The van der Waals surface area contributed by atoms with E-state index in [4.69, 9.17) is 9.47 Å². The number of hydrogen-bond donors (Lipinski definition) is 2. The molecule has 0 radical (unpaired) electrons. The van der Waals surface area contributed by atoms with E-state index in [-0.39, 0.29) is 18.6 Å². The number of carbonyl (C=O) groups is 3. The Hall–Kier alpha value is -3.90. The molecule has 3 aromatic rings. The van der Waals surface area contributed by atoms with Gasteiger partial charge in [-0.3, -0.25) is 24.4 Å². The van der Waals surface area contributed by atoms with Crippen LogP contribution in [0.2, 0.25) is 0 Å². The van der Waals surface area contributed by atoms with Gasteiger partial charge in [0.15, 0.2) is 0 Å². The van der Waals surface area contributed by atoms with Gasteiger partial charge in [-0.05, 0) is 55.3 Å². The van der Waals surface area contributed by atoms with Gasteiger partial charge in [0, 0.05) is 29.4 Å². The number of carboxylic acid groups (broad SMARTS) is 1. The number of amides is 2. The SMILES string of the molecule is COc1ccc2nccc(CN(CCC[C@H]3CN(c4ccc5c(c4)NC(=O)CS5)C(=O)O3)CC(=O)O)c2n1. The zero-order chi connectivity index (χ0) is 26.6. The van der Waals surface area contributed by atoms with Crippen LogP contribution in [0.4, 0.5) is 16.2 Å². The first-order valence-corrected chi connectivity index (χ1v) is 13.2. The van der Waals surface area contributed by atoms with E-state index < -0.39 is 12.1 Å². The average Bonchev–Trinajstić information content (AvgIpc) is 3.27. The summed E-state index contributed by atoms with van der Waals surface area (Å²) in [7, 11) is 1.54. The molecule has 2 aromatic heterocycles. The normalized spacial score (nSPS) is 16.9. The van der Waals surface area contributed by atoms with Crippen LogP contribution in [0.1, 0.15) is 18.4 Å². The summed E-state index contributed by atoms with van der Waals surface area (Å²) in [6, 6.07) is 10.9. The van der Waals surface area contributed by atoms with E-state index in [9.17, 15) is 19.5 Å². The lowest BCUT2D eigenvalue weighted by atomic mass is 10.1. The first kappa shape index (κ1) is 25.7. The molecule has 0 unspecified atom stereocenters. The zero-order valence-electron chi connectivity index (χ0n) is 20.8. The summed E-state index contributed by atoms with van der Waals surface area (Å²) in [6.45, 7) is 1.12. The van der Waals surface area contributed by atoms with Gasteiger partial charge in [-0.15, -0.1) is 11.8 Å². The fraction of sp³-hybridized carbons (Fsp3) is 0.346. The maximum absolute atomic E-state index is 12.6. The highest BCUT2D eigenvalue weighted by Crippen LogP contribution is 2.35. The standard InChI is InChI=1S/C26H27N5O6S/c1-36-23-7-5-19-25(29-23)16(8-9-27-19)12-30(14-24(33)34)10-2-3-18-13-31(26(35)37-18)17-4-6-21-20(11-17)28-22(32)15-38-21/h4-9,11,18H,2-3,10,12-15H2,1H3,(H,28,32)(H,33,34)/t18-/m0/s1. The van der Waals surface area contributed by atoms with E-state index in [1.807, 2.05) is 29.2 Å². The molecular weight excluding hydrogens is 510 g/mol. The molecule has 2 aliphatic rings. The molecule has 2 N–H and O–H groups in total. The Balaban J connectivity index is 1.21. The lowest BCUT2D eigenvalue weighted by molar-refractivity contribution is -0.138. The van der Waals surface area contributed by atoms with Crippen LogP contribution in [0.3, 0.4) is 0 Å². The minimum Gasteiger partial charge on any atom is -0.481 e. The van der Waals surface area contributed by atoms with E-state index in [0.717, 1.165) is 10.5 Å². The summed E-state index contributed by atoms with van der Waals surface area (Å²) in [5.41, 5.74) is 3.59. The quantitative estimate of drug-likeness (QED) is 0.396. The van der Waals surface area contributed by atoms with Crippen molar-refractivity contribution in [1.29, 1.82) is 0 Å². The Morgan fingerprint density at radius 1 is 1.29 bits per heavy atom. The molecule has 1 fully saturated rings. The molecule has 1 atom stereocenters. The molecule has 0 aliphatic carbocycles. The van der Waals surface area contributed by atoms with Crippen LogP contribution in [0.5, 0.6) is 5.88 Å². The molecule has 5 rings (SSSR count). The Morgan fingerprint density at radius 2 is 2.16 bits per heavy atom. The van der Waals surface area contributed by atoms with Crippen LogP contribution < -0.4 is 15.0 Å². The number of hydrogen-bond acceptors (Lipinski definition) is 9. The van der Waals surface area contributed by atoms with Crippen molar-refractivity contribution < 1.29 is 29.0 Å². The second-order valence-electron chi connectivity index (χ2n) is 9.07. The van der Waals surface area contributed by atoms with E-state index in [1.165, 1.54) is 11.8 Å². The number of carbonyl (C=O) groups excluding carboxylic acids is 2. The summed E-state index contributed by atoms with van der Waals surface area (Å²) < 4.78 is 10.8. The summed E-state index contributed by atoms with van der Waals surface area (Å²) >= 11 is 1.46. The molecule has 4 heterocycles. The fourth-order valence-electron chi connectivity index (χ4n) is 4.61. The molecule has 1 aromatic carbocycles. The first-order valence-electron chi connectivity index (χ1n) is 12.2. The number of pyridine rings is 2. The number of ether oxygens (including phenoxy) is 2. The minimum atomic E-state index is -0.926. The molecule has 12 heteroatoms. The molecule has 0 bridgehead atoms. The van der Waals surface area contributed by atoms with Crippen LogP contribution >= 0.6 is 11.8 Å². The number of anilines is 2. The van der Waals surface area contributed by atoms with Gasteiger partial charge < -0.3 is 19.9 Å². The number of fused-ring (bicyclic) bond motifs is 2. The second-order valence-corrected chi connectivity index (χ2v) is 10.1. The number of nitrogens with zero attached hydrogens (tertiary/aromatic N) is 4. The Morgan fingerprint density at radius 3 is 2.97 bits per heavy atom. The molecule has 1 saturated heterocycles. The van der Waals surface area contributed by atoms with Crippen LogP contribution in [-0.4, -0.2) is 76.5 Å². The molecule has 198 valence electrons.